The summed E-state index contributed by atoms with van der Waals surface area (Å²) in [4.78, 5) is 5.73. The number of hydrogen-bond donors (Lipinski definition) is 1. The second-order valence-electron chi connectivity index (χ2n) is 6.16. The fourth-order valence-corrected chi connectivity index (χ4v) is 3.96. The van der Waals surface area contributed by atoms with E-state index >= 15 is 0 Å². The third-order valence-corrected chi connectivity index (χ3v) is 5.51. The van der Waals surface area contributed by atoms with Crippen LogP contribution >= 0.6 is 24.2 Å². The molecule has 0 spiro atoms. The Labute approximate surface area is 156 Å². The van der Waals surface area contributed by atoms with Gasteiger partial charge in [-0.15, -0.1) is 24.2 Å². The normalized spacial score (nSPS) is 15.9. The van der Waals surface area contributed by atoms with Gasteiger partial charge in [-0.05, 0) is 31.0 Å². The van der Waals surface area contributed by atoms with Gasteiger partial charge in [0, 0.05) is 16.2 Å². The van der Waals surface area contributed by atoms with E-state index in [4.69, 9.17) is 14.7 Å². The van der Waals surface area contributed by atoms with Crippen molar-refractivity contribution in [2.75, 3.05) is 0 Å². The number of aromatic nitrogens is 2. The van der Waals surface area contributed by atoms with Gasteiger partial charge in [0.25, 0.3) is 5.89 Å². The number of hydrogen-bond acceptors (Lipinski definition) is 6. The average molecular weight is 378 g/mol. The van der Waals surface area contributed by atoms with Crippen molar-refractivity contribution in [1.29, 1.82) is 0 Å². The Kier molecular flexibility index (Phi) is 5.51. The topological polar surface area (TPSA) is 78.1 Å². The second-order valence-corrected chi connectivity index (χ2v) is 7.21. The minimum absolute atomic E-state index is 0. The fourth-order valence-electron chi connectivity index (χ4n) is 3.06. The van der Waals surface area contributed by atoms with Crippen molar-refractivity contribution in [2.45, 2.75) is 41.9 Å². The van der Waals surface area contributed by atoms with Crippen molar-refractivity contribution in [1.82, 2.24) is 10.1 Å². The van der Waals surface area contributed by atoms with Crippen LogP contribution in [0, 0.1) is 0 Å². The van der Waals surface area contributed by atoms with Crippen LogP contribution < -0.4 is 5.73 Å². The molecule has 0 aliphatic heterocycles. The molecule has 1 aliphatic carbocycles. The maximum Gasteiger partial charge on any atom is 0.294 e. The van der Waals surface area contributed by atoms with Gasteiger partial charge in [0.2, 0.25) is 0 Å². The van der Waals surface area contributed by atoms with Gasteiger partial charge in [0.1, 0.15) is 0 Å². The number of rotatable bonds is 5. The third-order valence-electron chi connectivity index (χ3n) is 4.45. The Morgan fingerprint density at radius 2 is 1.88 bits per heavy atom. The highest BCUT2D eigenvalue weighted by Gasteiger charge is 2.36. The summed E-state index contributed by atoms with van der Waals surface area (Å²) >= 11 is 1.74. The molecule has 3 aromatic rings. The van der Waals surface area contributed by atoms with Crippen molar-refractivity contribution < 1.29 is 8.94 Å². The van der Waals surface area contributed by atoms with E-state index in [2.05, 4.69) is 22.3 Å². The summed E-state index contributed by atoms with van der Waals surface area (Å²) < 4.78 is 11.0. The van der Waals surface area contributed by atoms with Crippen LogP contribution in [0.1, 0.15) is 37.1 Å². The highest BCUT2D eigenvalue weighted by Crippen LogP contribution is 2.36. The average Bonchev–Trinajstić information content (AvgIpc) is 3.34. The van der Waals surface area contributed by atoms with Crippen LogP contribution in [0.4, 0.5) is 0 Å². The minimum atomic E-state index is -0.451. The highest BCUT2D eigenvalue weighted by molar-refractivity contribution is 7.98. The lowest BCUT2D eigenvalue weighted by Crippen LogP contribution is -2.34. The summed E-state index contributed by atoms with van der Waals surface area (Å²) in [5.41, 5.74) is 6.99. The van der Waals surface area contributed by atoms with E-state index < -0.39 is 5.54 Å². The zero-order valence-corrected chi connectivity index (χ0v) is 15.3. The number of nitrogens with two attached hydrogens (primary N) is 1. The van der Waals surface area contributed by atoms with Gasteiger partial charge in [0.05, 0.1) is 11.8 Å². The van der Waals surface area contributed by atoms with Gasteiger partial charge in [-0.3, -0.25) is 0 Å². The monoisotopic (exact) mass is 377 g/mol. The molecule has 0 bridgehead atoms. The molecule has 4 rings (SSSR count). The SMILES string of the molecule is Cl.NC1(c2noc(-c3occc3CSc3ccccc3)n2)CCCC1. The number of halogens is 1. The molecule has 1 fully saturated rings. The summed E-state index contributed by atoms with van der Waals surface area (Å²) in [5.74, 6) is 2.42. The van der Waals surface area contributed by atoms with Gasteiger partial charge >= 0.3 is 0 Å². The molecule has 0 unspecified atom stereocenters. The van der Waals surface area contributed by atoms with E-state index in [1.54, 1.807) is 18.0 Å². The van der Waals surface area contributed by atoms with Gasteiger partial charge in [0.15, 0.2) is 11.6 Å². The predicted molar refractivity (Wildman–Crippen MR) is 99.6 cm³/mol. The quantitative estimate of drug-likeness (QED) is 0.645. The van der Waals surface area contributed by atoms with Gasteiger partial charge in [-0.1, -0.05) is 36.2 Å². The third kappa shape index (κ3) is 3.76. The molecule has 7 heteroatoms. The van der Waals surface area contributed by atoms with Crippen LogP contribution in [0.5, 0.6) is 0 Å². The summed E-state index contributed by atoms with van der Waals surface area (Å²) in [6.45, 7) is 0. The van der Waals surface area contributed by atoms with E-state index in [0.29, 0.717) is 17.5 Å². The molecule has 1 aliphatic rings. The van der Waals surface area contributed by atoms with Crippen LogP contribution in [0.15, 0.2) is 56.5 Å². The molecule has 0 atom stereocenters. The van der Waals surface area contributed by atoms with Crippen LogP contribution in [0.2, 0.25) is 0 Å². The molecule has 0 saturated heterocycles. The molecule has 5 nitrogen and oxygen atoms in total. The summed E-state index contributed by atoms with van der Waals surface area (Å²) in [6.07, 6.45) is 5.69. The molecular weight excluding hydrogens is 358 g/mol. The highest BCUT2D eigenvalue weighted by atomic mass is 35.5. The predicted octanol–water partition coefficient (Wildman–Crippen LogP) is 4.77. The van der Waals surface area contributed by atoms with E-state index in [1.165, 1.54) is 4.90 Å². The maximum absolute atomic E-state index is 6.40. The Balaban J connectivity index is 0.00000182. The smallest absolute Gasteiger partial charge is 0.294 e. The maximum atomic E-state index is 6.40. The first-order valence-electron chi connectivity index (χ1n) is 8.12. The lowest BCUT2D eigenvalue weighted by Gasteiger charge is -2.17. The largest absolute Gasteiger partial charge is 0.459 e. The molecule has 1 aromatic carbocycles. The standard InChI is InChI=1S/C18H19N3O2S.ClH/c19-18(9-4-5-10-18)17-20-16(23-21-17)15-13(8-11-22-15)12-24-14-6-2-1-3-7-14;/h1-3,6-8,11H,4-5,9-10,12,19H2;1H. The van der Waals surface area contributed by atoms with Gasteiger partial charge < -0.3 is 14.7 Å². The number of thioether (sulfide) groups is 1. The lowest BCUT2D eigenvalue weighted by molar-refractivity contribution is 0.368. The number of nitrogens with zero attached hydrogens (tertiary/aromatic N) is 2. The van der Waals surface area contributed by atoms with Crippen LogP contribution in [-0.4, -0.2) is 10.1 Å². The molecule has 132 valence electrons. The minimum Gasteiger partial charge on any atom is -0.459 e. The van der Waals surface area contributed by atoms with Crippen molar-refractivity contribution in [2.24, 2.45) is 5.73 Å². The van der Waals surface area contributed by atoms with Crippen molar-refractivity contribution in [3.05, 3.63) is 54.0 Å². The molecule has 25 heavy (non-hydrogen) atoms. The summed E-state index contributed by atoms with van der Waals surface area (Å²) in [6, 6.07) is 12.2. The van der Waals surface area contributed by atoms with Crippen molar-refractivity contribution in [3.63, 3.8) is 0 Å². The zero-order valence-electron chi connectivity index (χ0n) is 13.7. The van der Waals surface area contributed by atoms with Crippen molar-refractivity contribution in [3.8, 4) is 11.7 Å². The fraction of sp³-hybridized carbons (Fsp3) is 0.333. The zero-order chi connectivity index (χ0) is 16.4. The summed E-state index contributed by atoms with van der Waals surface area (Å²) in [5, 5.41) is 4.11. The molecule has 0 amide bonds. The molecule has 0 radical (unpaired) electrons. The number of benzene rings is 1. The van der Waals surface area contributed by atoms with Crippen molar-refractivity contribution >= 4 is 24.2 Å². The first-order valence-corrected chi connectivity index (χ1v) is 9.11. The Morgan fingerprint density at radius 1 is 1.12 bits per heavy atom. The molecule has 2 aromatic heterocycles. The second kappa shape index (κ2) is 7.64. The Bertz CT molecular complexity index is 813. The van der Waals surface area contributed by atoms with Gasteiger partial charge in [-0.2, -0.15) is 4.98 Å². The molecule has 2 N–H and O–H groups in total. The number of furan rings is 1. The first-order chi connectivity index (χ1) is 11.7. The molecule has 2 heterocycles. The van der Waals surface area contributed by atoms with Gasteiger partial charge in [-0.25, -0.2) is 0 Å². The lowest BCUT2D eigenvalue weighted by atomic mass is 9.99. The molecule has 1 saturated carbocycles. The van der Waals surface area contributed by atoms with Crippen LogP contribution in [0.25, 0.3) is 11.7 Å². The van der Waals surface area contributed by atoms with Crippen LogP contribution in [0.3, 0.4) is 0 Å². The van der Waals surface area contributed by atoms with Crippen LogP contribution in [-0.2, 0) is 11.3 Å². The Hall–Kier alpha value is -1.76. The van der Waals surface area contributed by atoms with E-state index in [1.807, 2.05) is 24.3 Å². The van der Waals surface area contributed by atoms with E-state index in [-0.39, 0.29) is 12.4 Å². The van der Waals surface area contributed by atoms with E-state index in [9.17, 15) is 0 Å². The summed E-state index contributed by atoms with van der Waals surface area (Å²) in [7, 11) is 0. The first kappa shape index (κ1) is 18.0. The Morgan fingerprint density at radius 3 is 2.64 bits per heavy atom. The van der Waals surface area contributed by atoms with E-state index in [0.717, 1.165) is 37.0 Å². The molecular formula is C18H20ClN3O2S.